The van der Waals surface area contributed by atoms with Gasteiger partial charge in [0.25, 0.3) is 5.91 Å². The van der Waals surface area contributed by atoms with Crippen molar-refractivity contribution in [3.8, 4) is 11.5 Å². The van der Waals surface area contributed by atoms with E-state index in [4.69, 9.17) is 9.47 Å². The van der Waals surface area contributed by atoms with Gasteiger partial charge in [0.2, 0.25) is 0 Å². The Bertz CT molecular complexity index is 905. The molecule has 0 unspecified atom stereocenters. The first kappa shape index (κ1) is 17.2. The average Bonchev–Trinajstić information content (AvgIpc) is 2.99. The number of rotatable bonds is 6. The van der Waals surface area contributed by atoms with Crippen LogP contribution in [-0.4, -0.2) is 24.1 Å². The molecule has 1 heterocycles. The highest BCUT2D eigenvalue weighted by molar-refractivity contribution is 7.22. The summed E-state index contributed by atoms with van der Waals surface area (Å²) in [6, 6.07) is 11.7. The first-order valence-corrected chi connectivity index (χ1v) is 8.90. The number of carbonyl (C=O) groups is 1. The molecule has 0 atom stereocenters. The number of aryl methyl sites for hydroxylation is 2. The average molecular weight is 356 g/mol. The second-order valence-corrected chi connectivity index (χ2v) is 6.69. The molecule has 0 fully saturated rings. The van der Waals surface area contributed by atoms with Crippen LogP contribution in [0.4, 0.5) is 5.13 Å². The number of para-hydroxylation sites is 1. The number of thiazole rings is 1. The molecule has 0 saturated heterocycles. The summed E-state index contributed by atoms with van der Waals surface area (Å²) < 4.78 is 12.2. The number of anilines is 1. The fraction of sp³-hybridized carbons (Fsp3) is 0.263. The van der Waals surface area contributed by atoms with Gasteiger partial charge in [0, 0.05) is 0 Å². The van der Waals surface area contributed by atoms with E-state index in [-0.39, 0.29) is 12.5 Å². The molecule has 1 aromatic heterocycles. The number of ether oxygens (including phenoxy) is 2. The molecular weight excluding hydrogens is 336 g/mol. The lowest BCUT2D eigenvalue weighted by Gasteiger charge is -2.09. The van der Waals surface area contributed by atoms with Crippen molar-refractivity contribution < 1.29 is 14.3 Å². The van der Waals surface area contributed by atoms with Gasteiger partial charge in [-0.2, -0.15) is 0 Å². The van der Waals surface area contributed by atoms with Crippen molar-refractivity contribution in [3.63, 3.8) is 0 Å². The first-order chi connectivity index (χ1) is 12.1. The summed E-state index contributed by atoms with van der Waals surface area (Å²) >= 11 is 1.41. The summed E-state index contributed by atoms with van der Waals surface area (Å²) in [7, 11) is 0. The Morgan fingerprint density at radius 2 is 2.00 bits per heavy atom. The Hall–Kier alpha value is -2.60. The van der Waals surface area contributed by atoms with Crippen LogP contribution in [0.3, 0.4) is 0 Å². The third-order valence-corrected chi connectivity index (χ3v) is 4.57. The quantitative estimate of drug-likeness (QED) is 0.714. The van der Waals surface area contributed by atoms with E-state index in [0.29, 0.717) is 11.7 Å². The predicted octanol–water partition coefficient (Wildman–Crippen LogP) is 4.33. The van der Waals surface area contributed by atoms with Crippen LogP contribution < -0.4 is 14.8 Å². The molecule has 0 aliphatic heterocycles. The van der Waals surface area contributed by atoms with Gasteiger partial charge in [-0.1, -0.05) is 29.5 Å². The summed E-state index contributed by atoms with van der Waals surface area (Å²) in [6.45, 7) is 6.39. The Morgan fingerprint density at radius 1 is 1.16 bits per heavy atom. The highest BCUT2D eigenvalue weighted by Gasteiger charge is 2.12. The Labute approximate surface area is 150 Å². The van der Waals surface area contributed by atoms with Gasteiger partial charge >= 0.3 is 0 Å². The number of hydrogen-bond donors (Lipinski definition) is 1. The maximum absolute atomic E-state index is 12.2. The van der Waals surface area contributed by atoms with Crippen molar-refractivity contribution in [1.82, 2.24) is 4.98 Å². The number of amides is 1. The number of hydrogen-bond acceptors (Lipinski definition) is 5. The molecular formula is C19H20N2O3S. The van der Waals surface area contributed by atoms with E-state index >= 15 is 0 Å². The standard InChI is InChI=1S/C19H20N2O3S/c1-4-23-14-6-5-7-16-18(14)21-19(25-16)20-17(22)11-24-15-10-12(2)8-9-13(15)3/h5-10H,4,11H2,1-3H3,(H,20,21,22). The van der Waals surface area contributed by atoms with Crippen LogP contribution in [0.25, 0.3) is 10.2 Å². The van der Waals surface area contributed by atoms with Crippen molar-refractivity contribution in [2.75, 3.05) is 18.5 Å². The van der Waals surface area contributed by atoms with Gasteiger partial charge in [-0.05, 0) is 50.1 Å². The number of benzene rings is 2. The van der Waals surface area contributed by atoms with Gasteiger partial charge in [-0.3, -0.25) is 10.1 Å². The molecule has 0 spiro atoms. The van der Waals surface area contributed by atoms with E-state index in [2.05, 4.69) is 10.3 Å². The molecule has 25 heavy (non-hydrogen) atoms. The zero-order valence-corrected chi connectivity index (χ0v) is 15.3. The lowest BCUT2D eigenvalue weighted by atomic mass is 10.1. The van der Waals surface area contributed by atoms with Gasteiger partial charge in [-0.25, -0.2) is 4.98 Å². The minimum absolute atomic E-state index is 0.0570. The lowest BCUT2D eigenvalue weighted by molar-refractivity contribution is -0.118. The van der Waals surface area contributed by atoms with Crippen LogP contribution in [0.2, 0.25) is 0 Å². The van der Waals surface area contributed by atoms with Gasteiger partial charge in [0.1, 0.15) is 17.0 Å². The number of nitrogens with zero attached hydrogens (tertiary/aromatic N) is 1. The van der Waals surface area contributed by atoms with Crippen LogP contribution in [0.15, 0.2) is 36.4 Å². The summed E-state index contributed by atoms with van der Waals surface area (Å²) in [5, 5.41) is 3.33. The van der Waals surface area contributed by atoms with E-state index < -0.39 is 0 Å². The van der Waals surface area contributed by atoms with E-state index in [1.807, 2.05) is 57.2 Å². The zero-order chi connectivity index (χ0) is 17.8. The molecule has 0 bridgehead atoms. The molecule has 0 aliphatic carbocycles. The van der Waals surface area contributed by atoms with Gasteiger partial charge in [-0.15, -0.1) is 0 Å². The highest BCUT2D eigenvalue weighted by atomic mass is 32.1. The zero-order valence-electron chi connectivity index (χ0n) is 14.5. The maximum Gasteiger partial charge on any atom is 0.264 e. The van der Waals surface area contributed by atoms with Crippen molar-refractivity contribution in [1.29, 1.82) is 0 Å². The van der Waals surface area contributed by atoms with Gasteiger partial charge < -0.3 is 9.47 Å². The molecule has 1 amide bonds. The summed E-state index contributed by atoms with van der Waals surface area (Å²) in [5.74, 6) is 1.21. The van der Waals surface area contributed by atoms with Crippen molar-refractivity contribution >= 4 is 32.6 Å². The monoisotopic (exact) mass is 356 g/mol. The highest BCUT2D eigenvalue weighted by Crippen LogP contribution is 2.32. The number of aromatic nitrogens is 1. The van der Waals surface area contributed by atoms with Crippen molar-refractivity contribution in [3.05, 3.63) is 47.5 Å². The molecule has 0 aliphatic rings. The predicted molar refractivity (Wildman–Crippen MR) is 101 cm³/mol. The number of carbonyl (C=O) groups excluding carboxylic acids is 1. The van der Waals surface area contributed by atoms with Gasteiger partial charge in [0.15, 0.2) is 11.7 Å². The fourth-order valence-electron chi connectivity index (χ4n) is 2.41. The topological polar surface area (TPSA) is 60.5 Å². The second kappa shape index (κ2) is 7.53. The Balaban J connectivity index is 1.67. The lowest BCUT2D eigenvalue weighted by Crippen LogP contribution is -2.20. The number of nitrogens with one attached hydrogen (secondary N) is 1. The molecule has 0 radical (unpaired) electrons. The van der Waals surface area contributed by atoms with Crippen LogP contribution in [-0.2, 0) is 4.79 Å². The molecule has 130 valence electrons. The van der Waals surface area contributed by atoms with E-state index in [0.717, 1.165) is 32.8 Å². The summed E-state index contributed by atoms with van der Waals surface area (Å²) in [5.41, 5.74) is 2.86. The maximum atomic E-state index is 12.2. The summed E-state index contributed by atoms with van der Waals surface area (Å²) in [6.07, 6.45) is 0. The molecule has 3 rings (SSSR count). The third kappa shape index (κ3) is 4.09. The molecule has 1 N–H and O–H groups in total. The van der Waals surface area contributed by atoms with Crippen LogP contribution in [0.5, 0.6) is 11.5 Å². The normalized spacial score (nSPS) is 10.7. The Morgan fingerprint density at radius 3 is 2.80 bits per heavy atom. The minimum Gasteiger partial charge on any atom is -0.492 e. The molecule has 0 saturated carbocycles. The SMILES string of the molecule is CCOc1cccc2sc(NC(=O)COc3cc(C)ccc3C)nc12. The molecule has 5 nitrogen and oxygen atoms in total. The molecule has 2 aromatic carbocycles. The van der Waals surface area contributed by atoms with E-state index in [1.54, 1.807) is 0 Å². The second-order valence-electron chi connectivity index (χ2n) is 5.66. The van der Waals surface area contributed by atoms with Gasteiger partial charge in [0.05, 0.1) is 11.3 Å². The molecule has 6 heteroatoms. The smallest absolute Gasteiger partial charge is 0.264 e. The van der Waals surface area contributed by atoms with E-state index in [1.165, 1.54) is 11.3 Å². The van der Waals surface area contributed by atoms with Crippen molar-refractivity contribution in [2.45, 2.75) is 20.8 Å². The van der Waals surface area contributed by atoms with Crippen LogP contribution in [0, 0.1) is 13.8 Å². The van der Waals surface area contributed by atoms with Crippen LogP contribution in [0.1, 0.15) is 18.1 Å². The van der Waals surface area contributed by atoms with Crippen LogP contribution >= 0.6 is 11.3 Å². The van der Waals surface area contributed by atoms with Crippen molar-refractivity contribution in [2.24, 2.45) is 0 Å². The summed E-state index contributed by atoms with van der Waals surface area (Å²) in [4.78, 5) is 16.6. The first-order valence-electron chi connectivity index (χ1n) is 8.09. The third-order valence-electron chi connectivity index (χ3n) is 3.63. The number of fused-ring (bicyclic) bond motifs is 1. The Kier molecular flexibility index (Phi) is 5.19. The molecule has 3 aromatic rings. The van der Waals surface area contributed by atoms with E-state index in [9.17, 15) is 4.79 Å². The minimum atomic E-state index is -0.238. The largest absolute Gasteiger partial charge is 0.492 e. The fourth-order valence-corrected chi connectivity index (χ4v) is 3.31.